The van der Waals surface area contributed by atoms with Gasteiger partial charge >= 0.3 is 0 Å². The highest BCUT2D eigenvalue weighted by atomic mass is 35.5. The largest absolute Gasteiger partial charge is 0.324 e. The van der Waals surface area contributed by atoms with E-state index in [1.54, 1.807) is 53.1 Å². The maximum absolute atomic E-state index is 12.9. The number of anilines is 1. The first-order chi connectivity index (χ1) is 16.3. The van der Waals surface area contributed by atoms with E-state index in [4.69, 9.17) is 23.2 Å². The molecule has 11 heteroatoms. The van der Waals surface area contributed by atoms with Gasteiger partial charge in [-0.05, 0) is 42.5 Å². The van der Waals surface area contributed by atoms with Gasteiger partial charge in [0.15, 0.2) is 20.8 Å². The van der Waals surface area contributed by atoms with Crippen molar-refractivity contribution in [3.05, 3.63) is 94.7 Å². The Hall–Kier alpha value is -2.85. The number of para-hydroxylation sites is 1. The molecule has 0 saturated carbocycles. The summed E-state index contributed by atoms with van der Waals surface area (Å²) in [5.41, 5.74) is 1.09. The van der Waals surface area contributed by atoms with Crippen molar-refractivity contribution in [3.8, 4) is 5.69 Å². The molecule has 0 atom stereocenters. The second kappa shape index (κ2) is 10.6. The number of hydrogen-bond acceptors (Lipinski definition) is 6. The third-order valence-electron chi connectivity index (χ3n) is 4.67. The Morgan fingerprint density at radius 1 is 0.941 bits per heavy atom. The van der Waals surface area contributed by atoms with Gasteiger partial charge in [-0.2, -0.15) is 0 Å². The molecule has 0 spiro atoms. The minimum atomic E-state index is -3.65. The summed E-state index contributed by atoms with van der Waals surface area (Å²) >= 11 is 13.2. The molecule has 0 radical (unpaired) electrons. The zero-order valence-electron chi connectivity index (χ0n) is 17.6. The smallest absolute Gasteiger partial charge is 0.234 e. The number of rotatable bonds is 8. The van der Waals surface area contributed by atoms with Crippen molar-refractivity contribution in [2.75, 3.05) is 11.1 Å². The molecule has 1 N–H and O–H groups in total. The Balaban J connectivity index is 1.58. The number of sulfone groups is 1. The molecule has 0 unspecified atom stereocenters. The second-order valence-corrected chi connectivity index (χ2v) is 10.9. The number of amides is 1. The van der Waals surface area contributed by atoms with Crippen molar-refractivity contribution in [3.63, 3.8) is 0 Å². The summed E-state index contributed by atoms with van der Waals surface area (Å²) in [4.78, 5) is 12.7. The number of benzene rings is 3. The predicted octanol–water partition coefficient (Wildman–Crippen LogP) is 5.28. The maximum atomic E-state index is 12.9. The van der Waals surface area contributed by atoms with Gasteiger partial charge in [-0.1, -0.05) is 71.4 Å². The summed E-state index contributed by atoms with van der Waals surface area (Å²) in [7, 11) is -3.65. The summed E-state index contributed by atoms with van der Waals surface area (Å²) < 4.78 is 27.5. The van der Waals surface area contributed by atoms with Crippen LogP contribution in [0.1, 0.15) is 5.82 Å². The van der Waals surface area contributed by atoms with E-state index in [0.717, 1.165) is 11.8 Å². The van der Waals surface area contributed by atoms with Crippen molar-refractivity contribution in [1.82, 2.24) is 14.8 Å². The summed E-state index contributed by atoms with van der Waals surface area (Å²) in [6.45, 7) is 0. The van der Waals surface area contributed by atoms with E-state index in [0.29, 0.717) is 26.6 Å². The quantitative estimate of drug-likeness (QED) is 0.310. The highest BCUT2D eigenvalue weighted by Crippen LogP contribution is 2.27. The van der Waals surface area contributed by atoms with Crippen molar-refractivity contribution in [1.29, 1.82) is 0 Å². The molecule has 7 nitrogen and oxygen atoms in total. The van der Waals surface area contributed by atoms with Crippen LogP contribution in [0.2, 0.25) is 10.0 Å². The van der Waals surface area contributed by atoms with Gasteiger partial charge < -0.3 is 5.32 Å². The molecule has 0 saturated heterocycles. The molecule has 1 aromatic heterocycles. The van der Waals surface area contributed by atoms with Crippen molar-refractivity contribution < 1.29 is 13.2 Å². The average Bonchev–Trinajstić information content (AvgIpc) is 3.23. The first-order valence-electron chi connectivity index (χ1n) is 9.99. The van der Waals surface area contributed by atoms with Crippen LogP contribution in [-0.4, -0.2) is 34.8 Å². The molecule has 0 bridgehead atoms. The predicted molar refractivity (Wildman–Crippen MR) is 135 cm³/mol. The standard InChI is InChI=1S/C23H18Cl2N4O3S2/c24-16-11-12-19(25)20(13-16)26-22(30)14-33-23-28-27-21(29(23)17-7-3-1-4-8-17)15-34(31,32)18-9-5-2-6-10-18/h1-13H,14-15H2,(H,26,30). The monoisotopic (exact) mass is 532 g/mol. The maximum Gasteiger partial charge on any atom is 0.234 e. The lowest BCUT2D eigenvalue weighted by Crippen LogP contribution is -2.15. The van der Waals surface area contributed by atoms with Crippen LogP contribution in [0.4, 0.5) is 5.69 Å². The van der Waals surface area contributed by atoms with E-state index in [1.165, 1.54) is 0 Å². The fraction of sp³-hybridized carbons (Fsp3) is 0.0870. The van der Waals surface area contributed by atoms with Crippen LogP contribution in [0, 0.1) is 0 Å². The minimum Gasteiger partial charge on any atom is -0.324 e. The van der Waals surface area contributed by atoms with Gasteiger partial charge in [0, 0.05) is 10.7 Å². The minimum absolute atomic E-state index is 0.000750. The molecule has 0 aliphatic heterocycles. The third-order valence-corrected chi connectivity index (χ3v) is 7.79. The molecule has 1 heterocycles. The molecular formula is C23H18Cl2N4O3S2. The topological polar surface area (TPSA) is 94.0 Å². The third kappa shape index (κ3) is 5.79. The van der Waals surface area contributed by atoms with Gasteiger partial charge in [-0.3, -0.25) is 9.36 Å². The molecule has 34 heavy (non-hydrogen) atoms. The van der Waals surface area contributed by atoms with Gasteiger partial charge in [-0.15, -0.1) is 10.2 Å². The lowest BCUT2D eigenvalue weighted by Gasteiger charge is -2.11. The Kier molecular flexibility index (Phi) is 7.57. The van der Waals surface area contributed by atoms with E-state index in [-0.39, 0.29) is 28.1 Å². The van der Waals surface area contributed by atoms with Crippen molar-refractivity contribution >= 4 is 56.4 Å². The number of aromatic nitrogens is 3. The molecule has 174 valence electrons. The van der Waals surface area contributed by atoms with Crippen molar-refractivity contribution in [2.45, 2.75) is 15.8 Å². The Bertz CT molecular complexity index is 1410. The molecule has 0 aliphatic rings. The van der Waals surface area contributed by atoms with Crippen LogP contribution in [0.25, 0.3) is 5.69 Å². The van der Waals surface area contributed by atoms with E-state index in [1.807, 2.05) is 30.3 Å². The molecular weight excluding hydrogens is 515 g/mol. The summed E-state index contributed by atoms with van der Waals surface area (Å²) in [5, 5.41) is 12.2. The number of carbonyl (C=O) groups excluding carboxylic acids is 1. The van der Waals surface area contributed by atoms with Crippen LogP contribution >= 0.6 is 35.0 Å². The average molecular weight is 533 g/mol. The molecule has 1 amide bonds. The van der Waals surface area contributed by atoms with E-state index >= 15 is 0 Å². The summed E-state index contributed by atoms with van der Waals surface area (Å²) in [6.07, 6.45) is 0. The van der Waals surface area contributed by atoms with Crippen LogP contribution in [-0.2, 0) is 20.4 Å². The van der Waals surface area contributed by atoms with Gasteiger partial charge in [0.05, 0.1) is 21.4 Å². The van der Waals surface area contributed by atoms with Crippen LogP contribution in [0.3, 0.4) is 0 Å². The Labute approximate surface area is 211 Å². The second-order valence-electron chi connectivity index (χ2n) is 7.10. The summed E-state index contributed by atoms with van der Waals surface area (Å²) in [6, 6.07) is 22.1. The van der Waals surface area contributed by atoms with E-state index < -0.39 is 9.84 Å². The highest BCUT2D eigenvalue weighted by Gasteiger charge is 2.23. The van der Waals surface area contributed by atoms with Crippen LogP contribution < -0.4 is 5.32 Å². The molecule has 0 fully saturated rings. The Morgan fingerprint density at radius 3 is 2.32 bits per heavy atom. The molecule has 0 aliphatic carbocycles. The van der Waals surface area contributed by atoms with E-state index in [2.05, 4.69) is 15.5 Å². The SMILES string of the molecule is O=C(CSc1nnc(CS(=O)(=O)c2ccccc2)n1-c1ccccc1)Nc1cc(Cl)ccc1Cl. The lowest BCUT2D eigenvalue weighted by atomic mass is 10.3. The van der Waals surface area contributed by atoms with Gasteiger partial charge in [0.25, 0.3) is 0 Å². The zero-order chi connectivity index (χ0) is 24.1. The van der Waals surface area contributed by atoms with Gasteiger partial charge in [0.2, 0.25) is 5.91 Å². The lowest BCUT2D eigenvalue weighted by molar-refractivity contribution is -0.113. The van der Waals surface area contributed by atoms with E-state index in [9.17, 15) is 13.2 Å². The van der Waals surface area contributed by atoms with Gasteiger partial charge in [-0.25, -0.2) is 8.42 Å². The summed E-state index contributed by atoms with van der Waals surface area (Å²) in [5.74, 6) is -0.422. The fourth-order valence-electron chi connectivity index (χ4n) is 3.11. The first-order valence-corrected chi connectivity index (χ1v) is 13.4. The number of carbonyl (C=O) groups is 1. The number of hydrogen-bond donors (Lipinski definition) is 1. The number of nitrogens with zero attached hydrogens (tertiary/aromatic N) is 3. The normalized spacial score (nSPS) is 11.4. The highest BCUT2D eigenvalue weighted by molar-refractivity contribution is 7.99. The number of thioether (sulfide) groups is 1. The van der Waals surface area contributed by atoms with Crippen molar-refractivity contribution in [2.24, 2.45) is 0 Å². The first kappa shape index (κ1) is 24.3. The fourth-order valence-corrected chi connectivity index (χ4v) is 5.49. The van der Waals surface area contributed by atoms with Gasteiger partial charge in [0.1, 0.15) is 5.75 Å². The Morgan fingerprint density at radius 2 is 1.62 bits per heavy atom. The number of halogens is 2. The number of nitrogens with one attached hydrogen (secondary N) is 1. The molecule has 4 aromatic rings. The van der Waals surface area contributed by atoms with Crippen LogP contribution in [0.5, 0.6) is 0 Å². The molecule has 3 aromatic carbocycles. The molecule has 4 rings (SSSR count). The van der Waals surface area contributed by atoms with Crippen LogP contribution in [0.15, 0.2) is 88.9 Å². The zero-order valence-corrected chi connectivity index (χ0v) is 20.7.